The molecule has 4 nitrogen and oxygen atoms in total. The summed E-state index contributed by atoms with van der Waals surface area (Å²) in [7, 11) is 0. The molecule has 0 amide bonds. The zero-order chi connectivity index (χ0) is 11.7. The van der Waals surface area contributed by atoms with Crippen molar-refractivity contribution in [3.63, 3.8) is 0 Å². The van der Waals surface area contributed by atoms with Crippen molar-refractivity contribution in [1.29, 1.82) is 0 Å². The number of benzene rings is 1. The third-order valence-electron chi connectivity index (χ3n) is 2.74. The summed E-state index contributed by atoms with van der Waals surface area (Å²) in [6.07, 6.45) is 5.46. The molecule has 84 valence electrons. The maximum absolute atomic E-state index is 5.68. The van der Waals surface area contributed by atoms with Crippen molar-refractivity contribution in [2.75, 3.05) is 0 Å². The summed E-state index contributed by atoms with van der Waals surface area (Å²) >= 11 is 0. The summed E-state index contributed by atoms with van der Waals surface area (Å²) in [5.74, 6) is 0. The zero-order valence-corrected chi connectivity index (χ0v) is 9.24. The van der Waals surface area contributed by atoms with Crippen LogP contribution in [0.1, 0.15) is 5.69 Å². The van der Waals surface area contributed by atoms with Gasteiger partial charge in [-0.05, 0) is 12.1 Å². The molecular formula is C13H12N4. The molecule has 0 radical (unpaired) electrons. The van der Waals surface area contributed by atoms with Gasteiger partial charge in [0.25, 0.3) is 0 Å². The molecule has 2 heterocycles. The summed E-state index contributed by atoms with van der Waals surface area (Å²) in [6.45, 7) is 0.437. The van der Waals surface area contributed by atoms with Crippen molar-refractivity contribution in [2.45, 2.75) is 6.54 Å². The van der Waals surface area contributed by atoms with Crippen molar-refractivity contribution < 1.29 is 0 Å². The molecule has 2 N–H and O–H groups in total. The van der Waals surface area contributed by atoms with E-state index in [0.29, 0.717) is 6.54 Å². The molecule has 0 saturated carbocycles. The molecule has 0 aliphatic heterocycles. The second-order valence-electron chi connectivity index (χ2n) is 3.82. The summed E-state index contributed by atoms with van der Waals surface area (Å²) in [5.41, 5.74) is 8.58. The largest absolute Gasteiger partial charge is 0.325 e. The fourth-order valence-electron chi connectivity index (χ4n) is 1.93. The average Bonchev–Trinajstić information content (AvgIpc) is 2.91. The van der Waals surface area contributed by atoms with Crippen molar-refractivity contribution >= 4 is 10.9 Å². The minimum Gasteiger partial charge on any atom is -0.325 e. The van der Waals surface area contributed by atoms with Gasteiger partial charge >= 0.3 is 0 Å². The van der Waals surface area contributed by atoms with E-state index in [9.17, 15) is 0 Å². The lowest BCUT2D eigenvalue weighted by Crippen LogP contribution is -2.02. The standard InChI is InChI=1S/C13H12N4/c14-8-10-7-13(17-6-5-15-9-17)11-3-1-2-4-12(11)16-10/h1-7,9H,8,14H2. The van der Waals surface area contributed by atoms with Gasteiger partial charge in [0.15, 0.2) is 0 Å². The fourth-order valence-corrected chi connectivity index (χ4v) is 1.93. The van der Waals surface area contributed by atoms with Gasteiger partial charge in [0.2, 0.25) is 0 Å². The predicted molar refractivity (Wildman–Crippen MR) is 66.8 cm³/mol. The summed E-state index contributed by atoms with van der Waals surface area (Å²) in [5, 5.41) is 1.10. The van der Waals surface area contributed by atoms with Gasteiger partial charge < -0.3 is 10.3 Å². The molecule has 4 heteroatoms. The Morgan fingerprint density at radius 1 is 1.24 bits per heavy atom. The van der Waals surface area contributed by atoms with Crippen molar-refractivity contribution in [2.24, 2.45) is 5.73 Å². The molecule has 17 heavy (non-hydrogen) atoms. The first-order chi connectivity index (χ1) is 8.38. The minimum atomic E-state index is 0.437. The summed E-state index contributed by atoms with van der Waals surface area (Å²) < 4.78 is 1.98. The molecule has 3 aromatic rings. The van der Waals surface area contributed by atoms with Crippen LogP contribution in [0.4, 0.5) is 0 Å². The second-order valence-corrected chi connectivity index (χ2v) is 3.82. The highest BCUT2D eigenvalue weighted by molar-refractivity contribution is 5.87. The van der Waals surface area contributed by atoms with E-state index in [4.69, 9.17) is 5.73 Å². The van der Waals surface area contributed by atoms with Crippen molar-refractivity contribution in [1.82, 2.24) is 14.5 Å². The molecule has 2 aromatic heterocycles. The molecule has 3 rings (SSSR count). The lowest BCUT2D eigenvalue weighted by atomic mass is 10.1. The van der Waals surface area contributed by atoms with Crippen LogP contribution in [0.3, 0.4) is 0 Å². The van der Waals surface area contributed by atoms with E-state index in [-0.39, 0.29) is 0 Å². The fraction of sp³-hybridized carbons (Fsp3) is 0.0769. The maximum Gasteiger partial charge on any atom is 0.0991 e. The first-order valence-electron chi connectivity index (χ1n) is 5.45. The van der Waals surface area contributed by atoms with E-state index in [0.717, 1.165) is 22.3 Å². The van der Waals surface area contributed by atoms with Crippen LogP contribution in [0.2, 0.25) is 0 Å². The Bertz CT molecular complexity index is 644. The van der Waals surface area contributed by atoms with Gasteiger partial charge in [-0.3, -0.25) is 4.98 Å². The zero-order valence-electron chi connectivity index (χ0n) is 9.24. The molecule has 0 atom stereocenters. The van der Waals surface area contributed by atoms with E-state index in [1.54, 1.807) is 12.5 Å². The molecule has 0 saturated heterocycles. The third kappa shape index (κ3) is 1.68. The van der Waals surface area contributed by atoms with E-state index >= 15 is 0 Å². The van der Waals surface area contributed by atoms with Crippen LogP contribution < -0.4 is 5.73 Å². The summed E-state index contributed by atoms with van der Waals surface area (Å²) in [4.78, 5) is 8.58. The number of para-hydroxylation sites is 1. The number of imidazole rings is 1. The first-order valence-corrected chi connectivity index (χ1v) is 5.45. The van der Waals surface area contributed by atoms with E-state index < -0.39 is 0 Å². The maximum atomic E-state index is 5.68. The third-order valence-corrected chi connectivity index (χ3v) is 2.74. The Balaban J connectivity index is 2.35. The molecule has 0 aliphatic carbocycles. The van der Waals surface area contributed by atoms with Gasteiger partial charge in [-0.1, -0.05) is 18.2 Å². The van der Waals surface area contributed by atoms with Crippen molar-refractivity contribution in [3.8, 4) is 5.69 Å². The molecule has 0 spiro atoms. The number of aromatic nitrogens is 3. The van der Waals surface area contributed by atoms with E-state index in [1.807, 2.05) is 35.0 Å². The van der Waals surface area contributed by atoms with Gasteiger partial charge in [0.1, 0.15) is 0 Å². The lowest BCUT2D eigenvalue weighted by Gasteiger charge is -2.09. The van der Waals surface area contributed by atoms with Crippen LogP contribution >= 0.6 is 0 Å². The van der Waals surface area contributed by atoms with Crippen LogP contribution in [0.15, 0.2) is 49.1 Å². The molecule has 1 aromatic carbocycles. The number of hydrogen-bond acceptors (Lipinski definition) is 3. The lowest BCUT2D eigenvalue weighted by molar-refractivity contribution is 0.985. The van der Waals surface area contributed by atoms with Crippen molar-refractivity contribution in [3.05, 3.63) is 54.7 Å². The topological polar surface area (TPSA) is 56.7 Å². The van der Waals surface area contributed by atoms with Gasteiger partial charge in [-0.15, -0.1) is 0 Å². The molecule has 0 fully saturated rings. The number of hydrogen-bond donors (Lipinski definition) is 1. The monoisotopic (exact) mass is 224 g/mol. The van der Waals surface area contributed by atoms with E-state index in [2.05, 4.69) is 16.0 Å². The summed E-state index contributed by atoms with van der Waals surface area (Å²) in [6, 6.07) is 10.0. The number of pyridine rings is 1. The molecule has 0 unspecified atom stereocenters. The number of nitrogens with zero attached hydrogens (tertiary/aromatic N) is 3. The predicted octanol–water partition coefficient (Wildman–Crippen LogP) is 1.88. The highest BCUT2D eigenvalue weighted by Gasteiger charge is 2.05. The first kappa shape index (κ1) is 9.99. The SMILES string of the molecule is NCc1cc(-n2ccnc2)c2ccccc2n1. The highest BCUT2D eigenvalue weighted by Crippen LogP contribution is 2.21. The number of nitrogens with two attached hydrogens (primary N) is 1. The molecular weight excluding hydrogens is 212 g/mol. The Morgan fingerprint density at radius 2 is 2.12 bits per heavy atom. The Kier molecular flexibility index (Phi) is 2.34. The van der Waals surface area contributed by atoms with Crippen LogP contribution in [0, 0.1) is 0 Å². The second kappa shape index (κ2) is 3.99. The highest BCUT2D eigenvalue weighted by atomic mass is 15.0. The smallest absolute Gasteiger partial charge is 0.0991 e. The van der Waals surface area contributed by atoms with Gasteiger partial charge in [-0.25, -0.2) is 4.98 Å². The Labute approximate surface area is 98.7 Å². The van der Waals surface area contributed by atoms with Crippen LogP contribution in [-0.2, 0) is 6.54 Å². The Morgan fingerprint density at radius 3 is 2.88 bits per heavy atom. The van der Waals surface area contributed by atoms with Crippen LogP contribution in [0.5, 0.6) is 0 Å². The van der Waals surface area contributed by atoms with Gasteiger partial charge in [0.05, 0.1) is 23.2 Å². The minimum absolute atomic E-state index is 0.437. The number of fused-ring (bicyclic) bond motifs is 1. The molecule has 0 bridgehead atoms. The molecule has 0 aliphatic rings. The van der Waals surface area contributed by atoms with Crippen LogP contribution in [0.25, 0.3) is 16.6 Å². The Hall–Kier alpha value is -2.20. The van der Waals surface area contributed by atoms with Gasteiger partial charge in [-0.2, -0.15) is 0 Å². The normalized spacial score (nSPS) is 10.9. The van der Waals surface area contributed by atoms with E-state index in [1.165, 1.54) is 0 Å². The quantitative estimate of drug-likeness (QED) is 0.723. The van der Waals surface area contributed by atoms with Crippen LogP contribution in [-0.4, -0.2) is 14.5 Å². The number of rotatable bonds is 2. The average molecular weight is 224 g/mol. The van der Waals surface area contributed by atoms with Gasteiger partial charge in [0, 0.05) is 24.3 Å².